The molecule has 0 heterocycles. The van der Waals surface area contributed by atoms with E-state index in [4.69, 9.17) is 0 Å². The van der Waals surface area contributed by atoms with E-state index in [1.165, 1.54) is 50.9 Å². The summed E-state index contributed by atoms with van der Waals surface area (Å²) in [6, 6.07) is 26.6. The summed E-state index contributed by atoms with van der Waals surface area (Å²) in [7, 11) is 0. The third-order valence-electron chi connectivity index (χ3n) is 5.53. The molecule has 0 atom stereocenters. The number of aryl methyl sites for hydroxylation is 1. The van der Waals surface area contributed by atoms with Gasteiger partial charge in [0.05, 0.1) is 0 Å². The summed E-state index contributed by atoms with van der Waals surface area (Å²) in [6.45, 7) is 4.40. The summed E-state index contributed by atoms with van der Waals surface area (Å²) < 4.78 is 0. The van der Waals surface area contributed by atoms with Crippen molar-refractivity contribution in [3.05, 3.63) is 113 Å². The van der Waals surface area contributed by atoms with Crippen molar-refractivity contribution in [1.82, 2.24) is 0 Å². The van der Waals surface area contributed by atoms with Gasteiger partial charge >= 0.3 is 0 Å². The predicted octanol–water partition coefficient (Wildman–Crippen LogP) is 7.38. The Kier molecular flexibility index (Phi) is 5.07. The van der Waals surface area contributed by atoms with Gasteiger partial charge in [0.1, 0.15) is 0 Å². The monoisotopic (exact) mass is 350 g/mol. The predicted molar refractivity (Wildman–Crippen MR) is 117 cm³/mol. The van der Waals surface area contributed by atoms with Gasteiger partial charge in [-0.3, -0.25) is 0 Å². The van der Waals surface area contributed by atoms with Crippen molar-refractivity contribution in [3.8, 4) is 11.1 Å². The molecule has 0 aromatic heterocycles. The molecule has 0 radical (unpaired) electrons. The van der Waals surface area contributed by atoms with Gasteiger partial charge in [0.15, 0.2) is 0 Å². The van der Waals surface area contributed by atoms with E-state index < -0.39 is 0 Å². The van der Waals surface area contributed by atoms with Crippen LogP contribution in [0.4, 0.5) is 0 Å². The maximum absolute atomic E-state index is 2.29. The Morgan fingerprint density at radius 2 is 1.37 bits per heavy atom. The molecule has 0 saturated heterocycles. The number of allylic oxidation sites excluding steroid dienone is 4. The molecule has 134 valence electrons. The molecule has 1 aliphatic rings. The fourth-order valence-electron chi connectivity index (χ4n) is 3.85. The third-order valence-corrected chi connectivity index (χ3v) is 5.53. The number of hydrogen-bond donors (Lipinski definition) is 0. The van der Waals surface area contributed by atoms with E-state index in [9.17, 15) is 0 Å². The van der Waals surface area contributed by atoms with E-state index in [-0.39, 0.29) is 0 Å². The van der Waals surface area contributed by atoms with Crippen molar-refractivity contribution in [1.29, 1.82) is 0 Å². The lowest BCUT2D eigenvalue weighted by Crippen LogP contribution is -1.95. The van der Waals surface area contributed by atoms with Gasteiger partial charge in [-0.05, 0) is 72.1 Å². The van der Waals surface area contributed by atoms with Gasteiger partial charge < -0.3 is 0 Å². The molecule has 0 fully saturated rings. The molecule has 3 aromatic rings. The van der Waals surface area contributed by atoms with Gasteiger partial charge in [0, 0.05) is 0 Å². The zero-order chi connectivity index (χ0) is 18.6. The van der Waals surface area contributed by atoms with Crippen LogP contribution in [0.5, 0.6) is 0 Å². The first-order valence-electron chi connectivity index (χ1n) is 9.80. The minimum absolute atomic E-state index is 0.961. The molecule has 0 saturated carbocycles. The molecule has 0 spiro atoms. The van der Waals surface area contributed by atoms with E-state index >= 15 is 0 Å². The molecule has 27 heavy (non-hydrogen) atoms. The average molecular weight is 351 g/mol. The molecular weight excluding hydrogens is 324 g/mol. The Morgan fingerprint density at radius 3 is 2.07 bits per heavy atom. The summed E-state index contributed by atoms with van der Waals surface area (Å²) in [4.78, 5) is 0. The first-order chi connectivity index (χ1) is 13.2. The van der Waals surface area contributed by atoms with Crippen LogP contribution in [0.3, 0.4) is 0 Å². The average Bonchev–Trinajstić information content (AvgIpc) is 2.70. The van der Waals surface area contributed by atoms with Crippen LogP contribution in [0.25, 0.3) is 16.7 Å². The topological polar surface area (TPSA) is 0 Å². The molecule has 0 amide bonds. The van der Waals surface area contributed by atoms with E-state index in [2.05, 4.69) is 98.8 Å². The smallest absolute Gasteiger partial charge is 0.00196 e. The molecule has 0 nitrogen and oxygen atoms in total. The fourth-order valence-corrected chi connectivity index (χ4v) is 3.85. The fraction of sp³-hybridized carbons (Fsp3) is 0.185. The van der Waals surface area contributed by atoms with Crippen LogP contribution in [0.1, 0.15) is 42.0 Å². The molecule has 0 aliphatic heterocycles. The van der Waals surface area contributed by atoms with Crippen LogP contribution in [-0.4, -0.2) is 0 Å². The van der Waals surface area contributed by atoms with Crippen LogP contribution >= 0.6 is 0 Å². The van der Waals surface area contributed by atoms with Crippen LogP contribution in [0.2, 0.25) is 0 Å². The lowest BCUT2D eigenvalue weighted by molar-refractivity contribution is 0.976. The van der Waals surface area contributed by atoms with Gasteiger partial charge in [0.2, 0.25) is 0 Å². The van der Waals surface area contributed by atoms with E-state index in [1.54, 1.807) is 0 Å². The summed E-state index contributed by atoms with van der Waals surface area (Å²) in [6.07, 6.45) is 7.82. The molecule has 0 unspecified atom stereocenters. The Hall–Kier alpha value is -2.86. The van der Waals surface area contributed by atoms with Crippen LogP contribution < -0.4 is 0 Å². The number of benzene rings is 3. The van der Waals surface area contributed by atoms with Gasteiger partial charge in [-0.2, -0.15) is 0 Å². The maximum atomic E-state index is 2.29. The Labute approximate surface area is 162 Å². The van der Waals surface area contributed by atoms with Crippen LogP contribution in [-0.2, 0) is 6.42 Å². The quantitative estimate of drug-likeness (QED) is 0.460. The second-order valence-corrected chi connectivity index (χ2v) is 7.55. The zero-order valence-corrected chi connectivity index (χ0v) is 16.2. The van der Waals surface area contributed by atoms with Crippen molar-refractivity contribution in [2.75, 3.05) is 0 Å². The summed E-state index contributed by atoms with van der Waals surface area (Å²) in [5, 5.41) is 0. The zero-order valence-electron chi connectivity index (χ0n) is 16.2. The van der Waals surface area contributed by atoms with Crippen LogP contribution in [0, 0.1) is 6.92 Å². The molecular formula is C27H26. The van der Waals surface area contributed by atoms with E-state index in [1.807, 2.05) is 0 Å². The Balaban J connectivity index is 1.60. The highest BCUT2D eigenvalue weighted by Crippen LogP contribution is 2.30. The highest BCUT2D eigenvalue weighted by atomic mass is 14.1. The highest BCUT2D eigenvalue weighted by molar-refractivity contribution is 5.71. The SMILES string of the molecule is CC1=CC=C(c2ccc(Cc3ccccc3-c3ccccc3C)cc2)CC1. The number of rotatable bonds is 4. The Morgan fingerprint density at radius 1 is 0.667 bits per heavy atom. The minimum Gasteiger partial charge on any atom is -0.0730 e. The number of hydrogen-bond acceptors (Lipinski definition) is 0. The van der Waals surface area contributed by atoms with E-state index in [0.29, 0.717) is 0 Å². The molecule has 4 rings (SSSR count). The second-order valence-electron chi connectivity index (χ2n) is 7.55. The van der Waals surface area contributed by atoms with Crippen molar-refractivity contribution < 1.29 is 0 Å². The summed E-state index contributed by atoms with van der Waals surface area (Å²) in [5.41, 5.74) is 11.0. The molecule has 0 N–H and O–H groups in total. The van der Waals surface area contributed by atoms with Crippen LogP contribution in [0.15, 0.2) is 90.5 Å². The van der Waals surface area contributed by atoms with E-state index in [0.717, 1.165) is 12.8 Å². The normalized spacial score (nSPS) is 13.9. The third kappa shape index (κ3) is 3.95. The van der Waals surface area contributed by atoms with Gasteiger partial charge in [-0.1, -0.05) is 90.5 Å². The van der Waals surface area contributed by atoms with Gasteiger partial charge in [-0.15, -0.1) is 0 Å². The van der Waals surface area contributed by atoms with Crippen molar-refractivity contribution in [3.63, 3.8) is 0 Å². The molecule has 1 aliphatic carbocycles. The first-order valence-corrected chi connectivity index (χ1v) is 9.80. The van der Waals surface area contributed by atoms with Gasteiger partial charge in [-0.25, -0.2) is 0 Å². The molecule has 0 heteroatoms. The lowest BCUT2D eigenvalue weighted by Gasteiger charge is -2.14. The Bertz CT molecular complexity index is 1000. The highest BCUT2D eigenvalue weighted by Gasteiger charge is 2.09. The lowest BCUT2D eigenvalue weighted by atomic mass is 9.91. The standard InChI is InChI=1S/C27H26/c1-20-11-15-23(16-12-20)24-17-13-22(14-18-24)19-25-8-4-6-10-27(25)26-9-5-3-7-21(26)2/h3-11,13-15,17-18H,12,16,19H2,1-2H3. The molecule has 3 aromatic carbocycles. The van der Waals surface area contributed by atoms with Crippen molar-refractivity contribution in [2.24, 2.45) is 0 Å². The summed E-state index contributed by atoms with van der Waals surface area (Å²) in [5.74, 6) is 0. The maximum Gasteiger partial charge on any atom is -0.00196 e. The van der Waals surface area contributed by atoms with Crippen molar-refractivity contribution in [2.45, 2.75) is 33.1 Å². The first kappa shape index (κ1) is 17.5. The second kappa shape index (κ2) is 7.80. The largest absolute Gasteiger partial charge is 0.0730 e. The van der Waals surface area contributed by atoms with Crippen molar-refractivity contribution >= 4 is 5.57 Å². The summed E-state index contributed by atoms with van der Waals surface area (Å²) >= 11 is 0. The molecule has 0 bridgehead atoms. The minimum atomic E-state index is 0.961. The van der Waals surface area contributed by atoms with Gasteiger partial charge in [0.25, 0.3) is 0 Å².